The maximum absolute atomic E-state index is 13.4. The second-order valence-electron chi connectivity index (χ2n) is 8.21. The number of imidazole rings is 1. The van der Waals surface area contributed by atoms with Gasteiger partial charge in [0.25, 0.3) is 5.56 Å². The Bertz CT molecular complexity index is 1510. The lowest BCUT2D eigenvalue weighted by atomic mass is 10.2. The number of benzene rings is 1. The predicted octanol–water partition coefficient (Wildman–Crippen LogP) is 0.554. The molecule has 1 amide bonds. The van der Waals surface area contributed by atoms with Gasteiger partial charge in [-0.3, -0.25) is 29.3 Å². The number of ether oxygens (including phenoxy) is 3. The molecular weight excluding hydrogens is 486 g/mol. The SMILES string of the molecule is C#CCn1c(=O)n([C@@H]2O[C@H](COC(=O)c3ccccc3)C[C@H]2OC(C)=O)c2nc(NC(C)=O)[nH]c(=O)c21. The molecule has 1 fully saturated rings. The van der Waals surface area contributed by atoms with Crippen molar-refractivity contribution >= 4 is 35.0 Å². The van der Waals surface area contributed by atoms with Crippen molar-refractivity contribution in [1.82, 2.24) is 19.1 Å². The van der Waals surface area contributed by atoms with E-state index in [9.17, 15) is 24.0 Å². The number of fused-ring (bicyclic) bond motifs is 1. The molecular formula is C24H23N5O8. The average Bonchev–Trinajstić information content (AvgIpc) is 3.35. The molecule has 2 N–H and O–H groups in total. The number of carbonyl (C=O) groups is 3. The Labute approximate surface area is 209 Å². The molecule has 1 aliphatic rings. The van der Waals surface area contributed by atoms with E-state index in [0.717, 1.165) is 9.13 Å². The summed E-state index contributed by atoms with van der Waals surface area (Å²) in [7, 11) is 0. The van der Waals surface area contributed by atoms with Crippen LogP contribution >= 0.6 is 0 Å². The first-order valence-corrected chi connectivity index (χ1v) is 11.2. The van der Waals surface area contributed by atoms with Crippen molar-refractivity contribution in [2.24, 2.45) is 0 Å². The molecule has 1 aromatic carbocycles. The van der Waals surface area contributed by atoms with Gasteiger partial charge < -0.3 is 14.2 Å². The maximum Gasteiger partial charge on any atom is 0.338 e. The van der Waals surface area contributed by atoms with E-state index < -0.39 is 47.5 Å². The minimum atomic E-state index is -1.22. The Morgan fingerprint density at radius 2 is 1.97 bits per heavy atom. The highest BCUT2D eigenvalue weighted by atomic mass is 16.6. The van der Waals surface area contributed by atoms with Gasteiger partial charge in [0, 0.05) is 20.3 Å². The summed E-state index contributed by atoms with van der Waals surface area (Å²) in [6, 6.07) is 8.33. The second-order valence-corrected chi connectivity index (χ2v) is 8.21. The number of esters is 2. The zero-order valence-electron chi connectivity index (χ0n) is 19.9. The van der Waals surface area contributed by atoms with Crippen molar-refractivity contribution in [2.45, 2.75) is 45.2 Å². The summed E-state index contributed by atoms with van der Waals surface area (Å²) in [5.41, 5.74) is -1.42. The van der Waals surface area contributed by atoms with Crippen LogP contribution in [-0.4, -0.2) is 55.8 Å². The molecule has 3 atom stereocenters. The molecule has 192 valence electrons. The van der Waals surface area contributed by atoms with Crippen molar-refractivity contribution in [2.75, 3.05) is 11.9 Å². The van der Waals surface area contributed by atoms with Crippen LogP contribution < -0.4 is 16.6 Å². The third kappa shape index (κ3) is 5.29. The Hall–Kier alpha value is -4.70. The van der Waals surface area contributed by atoms with E-state index in [-0.39, 0.29) is 36.7 Å². The number of aromatic nitrogens is 4. The Kier molecular flexibility index (Phi) is 7.21. The first kappa shape index (κ1) is 25.4. The molecule has 3 heterocycles. The Balaban J connectivity index is 1.72. The molecule has 4 rings (SSSR count). The minimum Gasteiger partial charge on any atom is -0.459 e. The third-order valence-corrected chi connectivity index (χ3v) is 5.48. The van der Waals surface area contributed by atoms with Crippen molar-refractivity contribution in [1.29, 1.82) is 0 Å². The summed E-state index contributed by atoms with van der Waals surface area (Å²) >= 11 is 0. The van der Waals surface area contributed by atoms with Gasteiger partial charge in [0.05, 0.1) is 18.2 Å². The topological polar surface area (TPSA) is 164 Å². The minimum absolute atomic E-state index is 0.0856. The standard InChI is InChI=1S/C24H23N5O8/c1-4-10-28-18-19(26-23(25-13(2)30)27-20(18)32)29(24(28)34)21-17(36-14(3)31)11-16(37-21)12-35-22(33)15-8-6-5-7-9-15/h1,5-9,16-17,21H,10-12H2,2-3H3,(H2,25,26,27,30,32)/t16-,17+,21+/m0/s1. The van der Waals surface area contributed by atoms with E-state index in [1.807, 2.05) is 0 Å². The van der Waals surface area contributed by atoms with Gasteiger partial charge in [0.1, 0.15) is 12.7 Å². The van der Waals surface area contributed by atoms with Crippen LogP contribution in [-0.2, 0) is 30.3 Å². The molecule has 1 aliphatic heterocycles. The first-order valence-electron chi connectivity index (χ1n) is 11.2. The lowest BCUT2D eigenvalue weighted by molar-refractivity contribution is -0.152. The molecule has 37 heavy (non-hydrogen) atoms. The predicted molar refractivity (Wildman–Crippen MR) is 129 cm³/mol. The summed E-state index contributed by atoms with van der Waals surface area (Å²) < 4.78 is 18.8. The largest absolute Gasteiger partial charge is 0.459 e. The quantitative estimate of drug-likeness (QED) is 0.342. The van der Waals surface area contributed by atoms with Crippen molar-refractivity contribution in [3.05, 3.63) is 56.7 Å². The molecule has 13 heteroatoms. The number of amides is 1. The van der Waals surface area contributed by atoms with E-state index in [1.54, 1.807) is 30.3 Å². The van der Waals surface area contributed by atoms with Gasteiger partial charge in [0.2, 0.25) is 11.9 Å². The van der Waals surface area contributed by atoms with Crippen molar-refractivity contribution in [3.63, 3.8) is 0 Å². The second kappa shape index (κ2) is 10.5. The van der Waals surface area contributed by atoms with Crippen LogP contribution in [0.15, 0.2) is 39.9 Å². The number of H-pyrrole nitrogens is 1. The highest BCUT2D eigenvalue weighted by Crippen LogP contribution is 2.32. The van der Waals surface area contributed by atoms with Crippen LogP contribution in [0.3, 0.4) is 0 Å². The average molecular weight is 509 g/mol. The van der Waals surface area contributed by atoms with Gasteiger partial charge in [0.15, 0.2) is 17.4 Å². The van der Waals surface area contributed by atoms with Crippen LogP contribution in [0.2, 0.25) is 0 Å². The molecule has 0 aliphatic carbocycles. The van der Waals surface area contributed by atoms with Crippen LogP contribution in [0.4, 0.5) is 5.95 Å². The fourth-order valence-electron chi connectivity index (χ4n) is 4.07. The normalized spacial score (nSPS) is 18.8. The lowest BCUT2D eigenvalue weighted by Crippen LogP contribution is -2.33. The van der Waals surface area contributed by atoms with E-state index >= 15 is 0 Å². The fourth-order valence-corrected chi connectivity index (χ4v) is 4.07. The maximum atomic E-state index is 13.4. The van der Waals surface area contributed by atoms with Crippen molar-refractivity contribution in [3.8, 4) is 12.3 Å². The van der Waals surface area contributed by atoms with E-state index in [0.29, 0.717) is 5.56 Å². The Morgan fingerprint density at radius 1 is 1.24 bits per heavy atom. The number of nitrogens with zero attached hydrogens (tertiary/aromatic N) is 3. The molecule has 0 spiro atoms. The van der Waals surface area contributed by atoms with E-state index in [4.69, 9.17) is 20.6 Å². The number of nitrogens with one attached hydrogen (secondary N) is 2. The number of terminal acetylenes is 1. The summed E-state index contributed by atoms with van der Waals surface area (Å²) in [5, 5.41) is 2.36. The van der Waals surface area contributed by atoms with Crippen LogP contribution in [0, 0.1) is 12.3 Å². The number of hydrogen-bond donors (Lipinski definition) is 2. The van der Waals surface area contributed by atoms with Crippen molar-refractivity contribution < 1.29 is 28.6 Å². The summed E-state index contributed by atoms with van der Waals surface area (Å²) in [6.45, 7) is 1.97. The smallest absolute Gasteiger partial charge is 0.338 e. The zero-order chi connectivity index (χ0) is 26.7. The van der Waals surface area contributed by atoms with E-state index in [2.05, 4.69) is 21.2 Å². The summed E-state index contributed by atoms with van der Waals surface area (Å²) in [4.78, 5) is 68.5. The highest BCUT2D eigenvalue weighted by Gasteiger charge is 2.42. The summed E-state index contributed by atoms with van der Waals surface area (Å²) in [5.74, 6) is 0.394. The Morgan fingerprint density at radius 3 is 2.62 bits per heavy atom. The first-order chi connectivity index (χ1) is 17.7. The molecule has 0 unspecified atom stereocenters. The number of anilines is 1. The number of aromatic amines is 1. The zero-order valence-corrected chi connectivity index (χ0v) is 19.9. The van der Waals surface area contributed by atoms with Gasteiger partial charge in [-0.2, -0.15) is 4.98 Å². The van der Waals surface area contributed by atoms with Gasteiger partial charge >= 0.3 is 17.6 Å². The van der Waals surface area contributed by atoms with Crippen LogP contribution in [0.1, 0.15) is 36.9 Å². The summed E-state index contributed by atoms with van der Waals surface area (Å²) in [6.07, 6.45) is 2.53. The van der Waals surface area contributed by atoms with Gasteiger partial charge in [-0.25, -0.2) is 14.2 Å². The molecule has 3 aromatic rings. The van der Waals surface area contributed by atoms with Crippen LogP contribution in [0.25, 0.3) is 11.2 Å². The van der Waals surface area contributed by atoms with Crippen LogP contribution in [0.5, 0.6) is 0 Å². The van der Waals surface area contributed by atoms with Gasteiger partial charge in [-0.1, -0.05) is 24.1 Å². The molecule has 0 saturated carbocycles. The number of rotatable bonds is 7. The van der Waals surface area contributed by atoms with Gasteiger partial charge in [-0.05, 0) is 12.1 Å². The highest BCUT2D eigenvalue weighted by molar-refractivity contribution is 5.89. The monoisotopic (exact) mass is 509 g/mol. The number of hydrogen-bond acceptors (Lipinski definition) is 9. The molecule has 0 radical (unpaired) electrons. The third-order valence-electron chi connectivity index (χ3n) is 5.48. The molecule has 2 aromatic heterocycles. The molecule has 13 nitrogen and oxygen atoms in total. The van der Waals surface area contributed by atoms with E-state index in [1.165, 1.54) is 13.8 Å². The number of carbonyl (C=O) groups excluding carboxylic acids is 3. The van der Waals surface area contributed by atoms with Gasteiger partial charge in [-0.15, -0.1) is 6.42 Å². The fraction of sp³-hybridized carbons (Fsp3) is 0.333. The molecule has 1 saturated heterocycles. The lowest BCUT2D eigenvalue weighted by Gasteiger charge is -2.19. The molecule has 0 bridgehead atoms.